The van der Waals surface area contributed by atoms with Gasteiger partial charge >= 0.3 is 23.1 Å². The van der Waals surface area contributed by atoms with Crippen molar-refractivity contribution in [2.75, 3.05) is 6.61 Å². The molecule has 38 valence electrons. The summed E-state index contributed by atoms with van der Waals surface area (Å²) in [7, 11) is -2.60. The Hall–Kier alpha value is 1.08. The normalized spacial score (nSPS) is 8.57. The molecule has 0 unspecified atom stereocenters. The zero-order valence-corrected chi connectivity index (χ0v) is 6.39. The van der Waals surface area contributed by atoms with Gasteiger partial charge in [0.05, 0.1) is 0 Å². The van der Waals surface area contributed by atoms with Crippen LogP contribution in [0.2, 0.25) is 0 Å². The van der Waals surface area contributed by atoms with Gasteiger partial charge in [0.25, 0.3) is 0 Å². The van der Waals surface area contributed by atoms with Crippen molar-refractivity contribution < 1.29 is 14.3 Å². The van der Waals surface area contributed by atoms with E-state index in [1.165, 1.54) is 0 Å². The summed E-state index contributed by atoms with van der Waals surface area (Å²) < 4.78 is 4.00. The molecule has 0 aromatic rings. The summed E-state index contributed by atoms with van der Waals surface area (Å²) in [5.41, 5.74) is 0. The molecule has 0 atom stereocenters. The van der Waals surface area contributed by atoms with Gasteiger partial charge in [-0.1, -0.05) is 0 Å². The zero-order valence-electron chi connectivity index (χ0n) is 4.09. The molecule has 0 rings (SSSR count). The summed E-state index contributed by atoms with van der Waals surface area (Å²) in [5, 5.41) is 0. The summed E-state index contributed by atoms with van der Waals surface area (Å²) in [6, 6.07) is 0. The molecule has 0 N–H and O–H groups in total. The molecule has 0 heterocycles. The second-order valence-electron chi connectivity index (χ2n) is 0.641. The minimum Gasteiger partial charge on any atom is -0.820 e. The van der Waals surface area contributed by atoms with Crippen molar-refractivity contribution in [1.82, 2.24) is 0 Å². The number of hydrogen-bond acceptors (Lipinski definition) is 3. The SMILES string of the molecule is CCOP([O-])[O-].[Mg+2]. The fraction of sp³-hybridized carbons (Fsp3) is 1.00. The fourth-order valence-corrected chi connectivity index (χ4v) is 0.316. The Balaban J connectivity index is 0. The van der Waals surface area contributed by atoms with E-state index in [4.69, 9.17) is 0 Å². The van der Waals surface area contributed by atoms with E-state index in [1.54, 1.807) is 6.92 Å². The van der Waals surface area contributed by atoms with Gasteiger partial charge in [-0.15, -0.1) is 0 Å². The molecule has 0 fully saturated rings. The summed E-state index contributed by atoms with van der Waals surface area (Å²) in [6.07, 6.45) is 0. The molecule has 0 bridgehead atoms. The Morgan fingerprint density at radius 1 is 1.57 bits per heavy atom. The minimum absolute atomic E-state index is 0. The van der Waals surface area contributed by atoms with Crippen molar-refractivity contribution in [3.63, 3.8) is 0 Å². The average Bonchev–Trinajstić information content (AvgIpc) is 1.35. The summed E-state index contributed by atoms with van der Waals surface area (Å²) >= 11 is 0. The van der Waals surface area contributed by atoms with Crippen molar-refractivity contribution in [2.24, 2.45) is 0 Å². The van der Waals surface area contributed by atoms with Crippen LogP contribution >= 0.6 is 8.60 Å². The Kier molecular flexibility index (Phi) is 11.1. The van der Waals surface area contributed by atoms with Crippen LogP contribution in [0, 0.1) is 0 Å². The van der Waals surface area contributed by atoms with Gasteiger partial charge in [0.15, 0.2) is 0 Å². The Labute approximate surface area is 59.8 Å². The quantitative estimate of drug-likeness (QED) is 0.343. The van der Waals surface area contributed by atoms with Gasteiger partial charge in [0.1, 0.15) is 0 Å². The number of hydrogen-bond donors (Lipinski definition) is 0. The maximum absolute atomic E-state index is 9.41. The second kappa shape index (κ2) is 7.08. The van der Waals surface area contributed by atoms with Crippen LogP contribution in [0.25, 0.3) is 0 Å². The smallest absolute Gasteiger partial charge is 0.820 e. The van der Waals surface area contributed by atoms with Gasteiger partial charge in [-0.25, -0.2) is 0 Å². The monoisotopic (exact) mass is 132 g/mol. The molecule has 0 aromatic heterocycles. The average molecular weight is 132 g/mol. The molecule has 0 spiro atoms. The predicted octanol–water partition coefficient (Wildman–Crippen LogP) is -1.41. The first kappa shape index (κ1) is 11.0. The molecular formula is C2H5MgO3P. The molecule has 0 saturated carbocycles. The van der Waals surface area contributed by atoms with Crippen molar-refractivity contribution in [3.05, 3.63) is 0 Å². The van der Waals surface area contributed by atoms with Crippen LogP contribution in [0.3, 0.4) is 0 Å². The van der Waals surface area contributed by atoms with E-state index in [0.29, 0.717) is 0 Å². The summed E-state index contributed by atoms with van der Waals surface area (Å²) in [6.45, 7) is 1.85. The standard InChI is InChI=1S/C2H5O3P.Mg/c1-2-5-6(3)4;/h2H2,1H3;/q-2;+2. The topological polar surface area (TPSA) is 55.3 Å². The van der Waals surface area contributed by atoms with Crippen LogP contribution in [-0.4, -0.2) is 29.7 Å². The maximum atomic E-state index is 9.41. The van der Waals surface area contributed by atoms with E-state index in [1.807, 2.05) is 0 Å². The molecule has 0 radical (unpaired) electrons. The van der Waals surface area contributed by atoms with E-state index in [-0.39, 0.29) is 29.7 Å². The fourth-order valence-electron chi connectivity index (χ4n) is 0.105. The van der Waals surface area contributed by atoms with Crippen LogP contribution < -0.4 is 9.79 Å². The van der Waals surface area contributed by atoms with Crippen LogP contribution in [0.1, 0.15) is 6.92 Å². The Bertz CT molecular complexity index is 34.1. The predicted molar refractivity (Wildman–Crippen MR) is 24.3 cm³/mol. The summed E-state index contributed by atoms with van der Waals surface area (Å²) in [5.74, 6) is 0. The van der Waals surface area contributed by atoms with Gasteiger partial charge in [-0.3, -0.25) is 0 Å². The molecule has 0 saturated heterocycles. The van der Waals surface area contributed by atoms with Gasteiger partial charge in [-0.05, 0) is 6.92 Å². The summed E-state index contributed by atoms with van der Waals surface area (Å²) in [4.78, 5) is 18.8. The third kappa shape index (κ3) is 11.0. The van der Waals surface area contributed by atoms with E-state index in [0.717, 1.165) is 0 Å². The minimum atomic E-state index is -2.60. The van der Waals surface area contributed by atoms with Gasteiger partial charge in [0.2, 0.25) is 0 Å². The first-order valence-corrected chi connectivity index (χ1v) is 2.64. The zero-order chi connectivity index (χ0) is 4.99. The first-order chi connectivity index (χ1) is 2.77. The van der Waals surface area contributed by atoms with E-state index >= 15 is 0 Å². The van der Waals surface area contributed by atoms with Crippen molar-refractivity contribution >= 4 is 31.7 Å². The van der Waals surface area contributed by atoms with Crippen molar-refractivity contribution in [1.29, 1.82) is 0 Å². The molecule has 0 aromatic carbocycles. The van der Waals surface area contributed by atoms with E-state index in [9.17, 15) is 9.79 Å². The first-order valence-electron chi connectivity index (χ1n) is 1.54. The van der Waals surface area contributed by atoms with Gasteiger partial charge in [-0.2, -0.15) is 8.60 Å². The van der Waals surface area contributed by atoms with E-state index in [2.05, 4.69) is 4.52 Å². The van der Waals surface area contributed by atoms with Crippen molar-refractivity contribution in [3.8, 4) is 0 Å². The van der Waals surface area contributed by atoms with Crippen LogP contribution in [-0.2, 0) is 4.52 Å². The molecule has 0 aliphatic rings. The van der Waals surface area contributed by atoms with Crippen LogP contribution in [0.4, 0.5) is 0 Å². The second-order valence-corrected chi connectivity index (χ2v) is 1.35. The molecule has 5 heteroatoms. The molecule has 7 heavy (non-hydrogen) atoms. The Morgan fingerprint density at radius 3 is 2.00 bits per heavy atom. The van der Waals surface area contributed by atoms with Gasteiger partial charge < -0.3 is 14.3 Å². The Morgan fingerprint density at radius 2 is 2.00 bits per heavy atom. The van der Waals surface area contributed by atoms with Crippen LogP contribution in [0.5, 0.6) is 0 Å². The van der Waals surface area contributed by atoms with Gasteiger partial charge in [0, 0.05) is 6.61 Å². The molecule has 0 amide bonds. The third-order valence-corrected chi connectivity index (χ3v) is 0.704. The maximum Gasteiger partial charge on any atom is 2.00 e. The molecule has 0 aliphatic heterocycles. The van der Waals surface area contributed by atoms with Crippen molar-refractivity contribution in [2.45, 2.75) is 6.92 Å². The molecule has 3 nitrogen and oxygen atoms in total. The number of rotatable bonds is 2. The largest absolute Gasteiger partial charge is 2.00 e. The third-order valence-electron chi connectivity index (χ3n) is 0.235. The van der Waals surface area contributed by atoms with E-state index < -0.39 is 8.60 Å². The van der Waals surface area contributed by atoms with Crippen LogP contribution in [0.15, 0.2) is 0 Å². The molecular weight excluding hydrogens is 127 g/mol. The molecule has 0 aliphatic carbocycles.